The van der Waals surface area contributed by atoms with Crippen LogP contribution in [0.1, 0.15) is 41.3 Å². The van der Waals surface area contributed by atoms with Gasteiger partial charge in [0.05, 0.1) is 5.92 Å². The Labute approximate surface area is 150 Å². The van der Waals surface area contributed by atoms with Crippen LogP contribution in [0.2, 0.25) is 0 Å². The highest BCUT2D eigenvalue weighted by Gasteiger charge is 2.34. The third kappa shape index (κ3) is 3.18. The standard InChI is InChI=1S/C20H20O6/c1-10(2)3-4-11-5-12(6-16(23)19(11)24)14-9-26-17-8-13(21)7-15(22)18(17)20(14)25/h3,5-8,14,21-24H,4,9H2,1-2H3/t14-/m1/s1. The molecule has 0 aromatic heterocycles. The molecule has 0 saturated heterocycles. The van der Waals surface area contributed by atoms with E-state index < -0.39 is 5.92 Å². The van der Waals surface area contributed by atoms with Crippen molar-refractivity contribution in [3.63, 3.8) is 0 Å². The van der Waals surface area contributed by atoms with Crippen LogP contribution in [0.4, 0.5) is 0 Å². The molecule has 6 heteroatoms. The van der Waals surface area contributed by atoms with Gasteiger partial charge in [-0.3, -0.25) is 4.79 Å². The maximum Gasteiger partial charge on any atom is 0.181 e. The summed E-state index contributed by atoms with van der Waals surface area (Å²) < 4.78 is 5.53. The summed E-state index contributed by atoms with van der Waals surface area (Å²) in [7, 11) is 0. The normalized spacial score (nSPS) is 15.9. The highest BCUT2D eigenvalue weighted by molar-refractivity contribution is 6.06. The number of Topliss-reactive ketones (excluding diaryl/α,β-unsaturated/α-hetero) is 1. The average molecular weight is 356 g/mol. The van der Waals surface area contributed by atoms with E-state index in [9.17, 15) is 25.2 Å². The molecule has 2 aromatic carbocycles. The molecule has 1 aliphatic rings. The topological polar surface area (TPSA) is 107 Å². The summed E-state index contributed by atoms with van der Waals surface area (Å²) >= 11 is 0. The highest BCUT2D eigenvalue weighted by Crippen LogP contribution is 2.42. The Balaban J connectivity index is 2.02. The van der Waals surface area contributed by atoms with Crippen LogP contribution >= 0.6 is 0 Å². The van der Waals surface area contributed by atoms with Crippen LogP contribution in [0, 0.1) is 0 Å². The van der Waals surface area contributed by atoms with Gasteiger partial charge < -0.3 is 25.2 Å². The van der Waals surface area contributed by atoms with E-state index in [1.54, 1.807) is 6.07 Å². The van der Waals surface area contributed by atoms with E-state index in [-0.39, 0.29) is 46.7 Å². The van der Waals surface area contributed by atoms with Crippen molar-refractivity contribution in [2.45, 2.75) is 26.2 Å². The first-order chi connectivity index (χ1) is 12.3. The summed E-state index contributed by atoms with van der Waals surface area (Å²) in [6.07, 6.45) is 2.31. The molecule has 1 heterocycles. The number of benzene rings is 2. The van der Waals surface area contributed by atoms with E-state index in [0.29, 0.717) is 17.5 Å². The molecular weight excluding hydrogens is 336 g/mol. The number of ether oxygens (including phenoxy) is 1. The zero-order chi connectivity index (χ0) is 19.0. The Morgan fingerprint density at radius 2 is 1.85 bits per heavy atom. The molecule has 0 saturated carbocycles. The van der Waals surface area contributed by atoms with Gasteiger partial charge in [-0.2, -0.15) is 0 Å². The molecule has 3 rings (SSSR count). The van der Waals surface area contributed by atoms with Gasteiger partial charge >= 0.3 is 0 Å². The van der Waals surface area contributed by atoms with E-state index >= 15 is 0 Å². The Bertz CT molecular complexity index is 909. The van der Waals surface area contributed by atoms with Gasteiger partial charge in [0.1, 0.15) is 29.4 Å². The number of rotatable bonds is 3. The second-order valence-corrected chi connectivity index (χ2v) is 6.60. The maximum absolute atomic E-state index is 12.8. The van der Waals surface area contributed by atoms with Gasteiger partial charge in [-0.05, 0) is 31.9 Å². The van der Waals surface area contributed by atoms with Crippen molar-refractivity contribution in [1.29, 1.82) is 0 Å². The third-order valence-corrected chi connectivity index (χ3v) is 4.36. The monoisotopic (exact) mass is 356 g/mol. The predicted octanol–water partition coefficient (Wildman–Crippen LogP) is 3.38. The van der Waals surface area contributed by atoms with Crippen LogP contribution in [0.5, 0.6) is 28.7 Å². The van der Waals surface area contributed by atoms with E-state index in [2.05, 4.69) is 0 Å². The first kappa shape index (κ1) is 17.7. The van der Waals surface area contributed by atoms with Crippen LogP contribution in [0.25, 0.3) is 0 Å². The summed E-state index contributed by atoms with van der Waals surface area (Å²) in [6, 6.07) is 5.34. The number of fused-ring (bicyclic) bond motifs is 1. The first-order valence-electron chi connectivity index (χ1n) is 8.19. The van der Waals surface area contributed by atoms with Crippen LogP contribution in [0.3, 0.4) is 0 Å². The van der Waals surface area contributed by atoms with Gasteiger partial charge in [-0.1, -0.05) is 17.7 Å². The smallest absolute Gasteiger partial charge is 0.181 e. The number of ketones is 1. The highest BCUT2D eigenvalue weighted by atomic mass is 16.5. The zero-order valence-electron chi connectivity index (χ0n) is 14.5. The summed E-state index contributed by atoms with van der Waals surface area (Å²) in [6.45, 7) is 3.85. The minimum Gasteiger partial charge on any atom is -0.508 e. The quantitative estimate of drug-likeness (QED) is 0.496. The van der Waals surface area contributed by atoms with Crippen molar-refractivity contribution < 1.29 is 30.0 Å². The summed E-state index contributed by atoms with van der Waals surface area (Å²) in [5.41, 5.74) is 2.04. The molecule has 0 radical (unpaired) electrons. The molecular formula is C20H20O6. The van der Waals surface area contributed by atoms with Crippen LogP contribution in [-0.2, 0) is 6.42 Å². The van der Waals surface area contributed by atoms with Gasteiger partial charge in [0.2, 0.25) is 0 Å². The second kappa shape index (κ2) is 6.63. The molecule has 2 aromatic rings. The third-order valence-electron chi connectivity index (χ3n) is 4.36. The van der Waals surface area contributed by atoms with Crippen molar-refractivity contribution in [3.8, 4) is 28.7 Å². The molecule has 0 amide bonds. The average Bonchev–Trinajstić information content (AvgIpc) is 2.55. The first-order valence-corrected chi connectivity index (χ1v) is 8.19. The molecule has 1 atom stereocenters. The van der Waals surface area contributed by atoms with Crippen LogP contribution < -0.4 is 4.74 Å². The lowest BCUT2D eigenvalue weighted by molar-refractivity contribution is 0.0892. The minimum absolute atomic E-state index is 0.00102. The van der Waals surface area contributed by atoms with Crippen molar-refractivity contribution in [2.75, 3.05) is 6.61 Å². The SMILES string of the molecule is CC(C)=CCc1cc([C@H]2COc3cc(O)cc(O)c3C2=O)cc(O)c1O. The molecule has 0 fully saturated rings. The fourth-order valence-electron chi connectivity index (χ4n) is 2.99. The van der Waals surface area contributed by atoms with Crippen LogP contribution in [0.15, 0.2) is 35.9 Å². The lowest BCUT2D eigenvalue weighted by Crippen LogP contribution is -2.26. The minimum atomic E-state index is -0.741. The predicted molar refractivity (Wildman–Crippen MR) is 95.2 cm³/mol. The van der Waals surface area contributed by atoms with E-state index in [0.717, 1.165) is 11.6 Å². The Morgan fingerprint density at radius 1 is 1.12 bits per heavy atom. The van der Waals surface area contributed by atoms with Gasteiger partial charge in [-0.15, -0.1) is 0 Å². The zero-order valence-corrected chi connectivity index (χ0v) is 14.5. The van der Waals surface area contributed by atoms with E-state index in [4.69, 9.17) is 4.74 Å². The number of phenols is 4. The van der Waals surface area contributed by atoms with E-state index in [1.807, 2.05) is 19.9 Å². The molecule has 1 aliphatic heterocycles. The lowest BCUT2D eigenvalue weighted by Gasteiger charge is -2.25. The van der Waals surface area contributed by atoms with Crippen LogP contribution in [-0.4, -0.2) is 32.8 Å². The van der Waals surface area contributed by atoms with Gasteiger partial charge in [-0.25, -0.2) is 0 Å². The maximum atomic E-state index is 12.8. The number of hydrogen-bond acceptors (Lipinski definition) is 6. The molecule has 26 heavy (non-hydrogen) atoms. The molecule has 4 N–H and O–H groups in total. The second-order valence-electron chi connectivity index (χ2n) is 6.60. The van der Waals surface area contributed by atoms with Gasteiger partial charge in [0.15, 0.2) is 17.3 Å². The fraction of sp³-hybridized carbons (Fsp3) is 0.250. The number of aromatic hydroxyl groups is 4. The molecule has 0 aliphatic carbocycles. The van der Waals surface area contributed by atoms with Gasteiger partial charge in [0.25, 0.3) is 0 Å². The number of phenolic OH excluding ortho intramolecular Hbond substituents is 4. The molecule has 0 unspecified atom stereocenters. The molecule has 0 spiro atoms. The van der Waals surface area contributed by atoms with E-state index in [1.165, 1.54) is 12.1 Å². The summed E-state index contributed by atoms with van der Waals surface area (Å²) in [5, 5.41) is 39.7. The molecule has 136 valence electrons. The Morgan fingerprint density at radius 3 is 2.54 bits per heavy atom. The number of hydrogen-bond donors (Lipinski definition) is 4. The molecule has 0 bridgehead atoms. The Hall–Kier alpha value is -3.15. The van der Waals surface area contributed by atoms with Crippen molar-refractivity contribution in [3.05, 3.63) is 52.6 Å². The number of allylic oxidation sites excluding steroid dienone is 2. The van der Waals surface area contributed by atoms with Gasteiger partial charge in [0, 0.05) is 17.7 Å². The lowest BCUT2D eigenvalue weighted by atomic mass is 9.87. The Kier molecular flexibility index (Phi) is 4.50. The fourth-order valence-corrected chi connectivity index (χ4v) is 2.99. The largest absolute Gasteiger partial charge is 0.508 e. The van der Waals surface area contributed by atoms with Crippen molar-refractivity contribution >= 4 is 5.78 Å². The number of carbonyl (C=O) groups excluding carboxylic acids is 1. The molecule has 6 nitrogen and oxygen atoms in total. The summed E-state index contributed by atoms with van der Waals surface area (Å²) in [5.74, 6) is -2.08. The number of carbonyl (C=O) groups is 1. The summed E-state index contributed by atoms with van der Waals surface area (Å²) in [4.78, 5) is 12.8. The van der Waals surface area contributed by atoms with Crippen molar-refractivity contribution in [2.24, 2.45) is 0 Å². The van der Waals surface area contributed by atoms with Crippen molar-refractivity contribution in [1.82, 2.24) is 0 Å².